The van der Waals surface area contributed by atoms with E-state index in [1.807, 2.05) is 0 Å². The van der Waals surface area contributed by atoms with Crippen LogP contribution in [0, 0.1) is 0 Å². The van der Waals surface area contributed by atoms with E-state index in [-0.39, 0.29) is 23.6 Å². The third-order valence-corrected chi connectivity index (χ3v) is 8.14. The predicted octanol–water partition coefficient (Wildman–Crippen LogP) is 9.37. The van der Waals surface area contributed by atoms with Gasteiger partial charge in [0.1, 0.15) is 5.75 Å². The molecule has 0 saturated carbocycles. The minimum Gasteiger partial charge on any atom is -0.478 e. The molecule has 0 aromatic heterocycles. The van der Waals surface area contributed by atoms with Gasteiger partial charge in [-0.05, 0) is 114 Å². The first-order chi connectivity index (χ1) is 23.2. The lowest BCUT2D eigenvalue weighted by Crippen LogP contribution is -2.49. The first-order valence-electron chi connectivity index (χ1n) is 17.1. The molecule has 256 valence electrons. The summed E-state index contributed by atoms with van der Waals surface area (Å²) in [6.07, 6.45) is 29.5. The van der Waals surface area contributed by atoms with E-state index in [9.17, 15) is 14.4 Å². The van der Waals surface area contributed by atoms with Crippen molar-refractivity contribution < 1.29 is 19.1 Å². The molecular weight excluding hydrogens is 620 g/mol. The van der Waals surface area contributed by atoms with E-state index in [0.29, 0.717) is 47.8 Å². The van der Waals surface area contributed by atoms with Crippen molar-refractivity contribution in [3.05, 3.63) is 125 Å². The van der Waals surface area contributed by atoms with Gasteiger partial charge in [0.25, 0.3) is 5.91 Å². The van der Waals surface area contributed by atoms with E-state index in [0.717, 1.165) is 44.9 Å². The smallest absolute Gasteiger partial charge is 0.266 e. The summed E-state index contributed by atoms with van der Waals surface area (Å²) in [4.78, 5) is 40.4. The van der Waals surface area contributed by atoms with Crippen molar-refractivity contribution in [1.82, 2.24) is 10.2 Å². The number of allylic oxidation sites excluding steroid dienone is 10. The van der Waals surface area contributed by atoms with E-state index in [1.54, 1.807) is 67.3 Å². The molecule has 2 amide bonds. The van der Waals surface area contributed by atoms with Gasteiger partial charge >= 0.3 is 0 Å². The van der Waals surface area contributed by atoms with Crippen molar-refractivity contribution in [3.63, 3.8) is 0 Å². The number of carbonyl (C=O) groups is 3. The highest BCUT2D eigenvalue weighted by Gasteiger charge is 2.38. The number of ether oxygens (including phenoxy) is 1. The molecule has 6 nitrogen and oxygen atoms in total. The fraction of sp³-hybridized carbons (Fsp3) is 0.390. The molecule has 1 N–H and O–H groups in total. The molecule has 0 radical (unpaired) electrons. The number of ketones is 1. The standard InChI is InChI=1S/C41H51ClN2O4/c1-4-5-6-7-8-9-10-11-12-13-14-15-16-17-18-19-20-21-38(45)43-36-30-31-44(32-36)40(47)41(2,3)48-37-28-24-34(25-29-37)39(46)33-22-26-35(42)27-23-33/h5-6,8-9,11-12,14-15,17-18,22-29,36H,4,7,10,13,16,19-21,30-32H2,1-3H3,(H,43,45). The zero-order valence-corrected chi connectivity index (χ0v) is 29.5. The van der Waals surface area contributed by atoms with Crippen LogP contribution in [0.3, 0.4) is 0 Å². The fourth-order valence-electron chi connectivity index (χ4n) is 5.27. The van der Waals surface area contributed by atoms with Crippen LogP contribution in [-0.4, -0.2) is 47.2 Å². The van der Waals surface area contributed by atoms with Gasteiger partial charge in [-0.1, -0.05) is 79.3 Å². The molecule has 0 aliphatic carbocycles. The average Bonchev–Trinajstić information content (AvgIpc) is 3.54. The SMILES string of the molecule is CCC=CCC=CCC=CCC=CCC=CCCCC(=O)NC1CCN(C(=O)C(C)(C)Oc2ccc(C(=O)c3ccc(Cl)cc3)cc2)C1. The average molecular weight is 671 g/mol. The zero-order valence-electron chi connectivity index (χ0n) is 28.7. The van der Waals surface area contributed by atoms with E-state index in [2.05, 4.69) is 73.0 Å². The van der Waals surface area contributed by atoms with E-state index < -0.39 is 5.60 Å². The molecule has 1 fully saturated rings. The number of benzene rings is 2. The van der Waals surface area contributed by atoms with Crippen LogP contribution in [0.15, 0.2) is 109 Å². The lowest BCUT2D eigenvalue weighted by Gasteiger charge is -2.30. The Kier molecular flexibility index (Phi) is 16.7. The molecule has 0 spiro atoms. The molecule has 1 unspecified atom stereocenters. The Morgan fingerprint density at radius 2 is 1.33 bits per heavy atom. The van der Waals surface area contributed by atoms with Gasteiger partial charge in [0.05, 0.1) is 0 Å². The van der Waals surface area contributed by atoms with Crippen LogP contribution < -0.4 is 10.1 Å². The van der Waals surface area contributed by atoms with Crippen molar-refractivity contribution in [1.29, 1.82) is 0 Å². The Balaban J connectivity index is 1.29. The van der Waals surface area contributed by atoms with Crippen molar-refractivity contribution >= 4 is 29.2 Å². The minimum absolute atomic E-state index is 0.0189. The Bertz CT molecular complexity index is 1450. The topological polar surface area (TPSA) is 75.7 Å². The molecule has 1 saturated heterocycles. The summed E-state index contributed by atoms with van der Waals surface area (Å²) in [5, 5.41) is 3.66. The first kappa shape index (κ1) is 38.3. The number of hydrogen-bond acceptors (Lipinski definition) is 4. The summed E-state index contributed by atoms with van der Waals surface area (Å²) in [5.41, 5.74) is -0.0451. The minimum atomic E-state index is -1.11. The highest BCUT2D eigenvalue weighted by atomic mass is 35.5. The Labute approximate surface area is 292 Å². The van der Waals surface area contributed by atoms with Gasteiger partial charge in [-0.15, -0.1) is 0 Å². The fourth-order valence-corrected chi connectivity index (χ4v) is 5.40. The van der Waals surface area contributed by atoms with Gasteiger partial charge in [-0.3, -0.25) is 14.4 Å². The molecule has 1 heterocycles. The number of halogens is 1. The normalized spacial score (nSPS) is 15.5. The summed E-state index contributed by atoms with van der Waals surface area (Å²) >= 11 is 5.93. The maximum Gasteiger partial charge on any atom is 0.266 e. The number of rotatable bonds is 19. The maximum absolute atomic E-state index is 13.3. The lowest BCUT2D eigenvalue weighted by atomic mass is 10.0. The van der Waals surface area contributed by atoms with Crippen molar-refractivity contribution in [3.8, 4) is 5.75 Å². The molecule has 2 aromatic rings. The molecule has 2 aromatic carbocycles. The quantitative estimate of drug-likeness (QED) is 0.0918. The van der Waals surface area contributed by atoms with Crippen LogP contribution in [0.5, 0.6) is 5.75 Å². The van der Waals surface area contributed by atoms with E-state index >= 15 is 0 Å². The van der Waals surface area contributed by atoms with Crippen LogP contribution in [0.2, 0.25) is 5.02 Å². The zero-order chi connectivity index (χ0) is 34.6. The summed E-state index contributed by atoms with van der Waals surface area (Å²) in [7, 11) is 0. The maximum atomic E-state index is 13.3. The van der Waals surface area contributed by atoms with Crippen LogP contribution in [-0.2, 0) is 9.59 Å². The number of unbranched alkanes of at least 4 members (excludes halogenated alkanes) is 1. The number of nitrogens with one attached hydrogen (secondary N) is 1. The van der Waals surface area contributed by atoms with Crippen LogP contribution >= 0.6 is 11.6 Å². The third-order valence-electron chi connectivity index (χ3n) is 7.88. The highest BCUT2D eigenvalue weighted by molar-refractivity contribution is 6.30. The number of carbonyl (C=O) groups excluding carboxylic acids is 3. The van der Waals surface area contributed by atoms with Crippen molar-refractivity contribution in [2.45, 2.75) is 90.2 Å². The Morgan fingerprint density at radius 3 is 1.90 bits per heavy atom. The van der Waals surface area contributed by atoms with Gasteiger partial charge in [-0.2, -0.15) is 0 Å². The van der Waals surface area contributed by atoms with Crippen LogP contribution in [0.4, 0.5) is 0 Å². The summed E-state index contributed by atoms with van der Waals surface area (Å²) in [6.45, 7) is 6.64. The van der Waals surface area contributed by atoms with Crippen molar-refractivity contribution in [2.24, 2.45) is 0 Å². The van der Waals surface area contributed by atoms with Gasteiger partial charge in [0.15, 0.2) is 11.4 Å². The largest absolute Gasteiger partial charge is 0.478 e. The summed E-state index contributed by atoms with van der Waals surface area (Å²) < 4.78 is 6.07. The van der Waals surface area contributed by atoms with Gasteiger partial charge < -0.3 is 15.0 Å². The molecular formula is C41H51ClN2O4. The monoisotopic (exact) mass is 670 g/mol. The second kappa shape index (κ2) is 20.9. The summed E-state index contributed by atoms with van der Waals surface area (Å²) in [5.74, 6) is 0.259. The van der Waals surface area contributed by atoms with Crippen molar-refractivity contribution in [2.75, 3.05) is 13.1 Å². The molecule has 1 aliphatic rings. The lowest BCUT2D eigenvalue weighted by molar-refractivity contribution is -0.144. The third kappa shape index (κ3) is 13.9. The van der Waals surface area contributed by atoms with E-state index in [4.69, 9.17) is 16.3 Å². The molecule has 3 rings (SSSR count). The van der Waals surface area contributed by atoms with Crippen LogP contribution in [0.1, 0.15) is 94.5 Å². The molecule has 1 aliphatic heterocycles. The molecule has 7 heteroatoms. The molecule has 48 heavy (non-hydrogen) atoms. The highest BCUT2D eigenvalue weighted by Crippen LogP contribution is 2.24. The molecule has 1 atom stereocenters. The number of nitrogens with zero attached hydrogens (tertiary/aromatic N) is 1. The number of hydrogen-bond donors (Lipinski definition) is 1. The van der Waals surface area contributed by atoms with Gasteiger partial charge in [-0.25, -0.2) is 0 Å². The second-order valence-corrected chi connectivity index (χ2v) is 12.8. The Hall–Kier alpha value is -4.16. The Morgan fingerprint density at radius 1 is 0.812 bits per heavy atom. The van der Waals surface area contributed by atoms with Gasteiger partial charge in [0, 0.05) is 41.7 Å². The molecule has 0 bridgehead atoms. The van der Waals surface area contributed by atoms with Crippen LogP contribution in [0.25, 0.3) is 0 Å². The second-order valence-electron chi connectivity index (χ2n) is 12.4. The number of likely N-dealkylation sites (tertiary alicyclic amines) is 1. The first-order valence-corrected chi connectivity index (χ1v) is 17.5. The van der Waals surface area contributed by atoms with Gasteiger partial charge in [0.2, 0.25) is 5.91 Å². The number of amides is 2. The predicted molar refractivity (Wildman–Crippen MR) is 197 cm³/mol. The summed E-state index contributed by atoms with van der Waals surface area (Å²) in [6, 6.07) is 13.5. The van der Waals surface area contributed by atoms with E-state index in [1.165, 1.54) is 0 Å².